The van der Waals surface area contributed by atoms with Gasteiger partial charge in [-0.05, 0) is 6.07 Å². The van der Waals surface area contributed by atoms with E-state index in [1.807, 2.05) is 0 Å². The van der Waals surface area contributed by atoms with Crippen LogP contribution in [0.15, 0.2) is 49.6 Å². The molecule has 2 amide bonds. The molecule has 5 rings (SSSR count). The number of nitrogens with one attached hydrogen (secondary N) is 1. The van der Waals surface area contributed by atoms with E-state index in [1.165, 1.54) is 12.4 Å². The number of nitrogens with zero attached hydrogens (tertiary/aromatic N) is 8. The predicted molar refractivity (Wildman–Crippen MR) is 111 cm³/mol. The van der Waals surface area contributed by atoms with E-state index in [4.69, 9.17) is 0 Å². The van der Waals surface area contributed by atoms with Gasteiger partial charge >= 0.3 is 12.2 Å². The van der Waals surface area contributed by atoms with Crippen molar-refractivity contribution in [2.75, 3.05) is 16.8 Å². The molecule has 0 saturated heterocycles. The Labute approximate surface area is 196 Å². The maximum Gasteiger partial charge on any atom is 0.405 e. The molecule has 4 aromatic rings. The highest BCUT2D eigenvalue weighted by Crippen LogP contribution is 2.51. The lowest BCUT2D eigenvalue weighted by molar-refractivity contribution is -0.172. The molecule has 1 N–H and O–H groups in total. The third kappa shape index (κ3) is 3.44. The van der Waals surface area contributed by atoms with Crippen LogP contribution in [0, 0.1) is 5.95 Å². The molecule has 1 aliphatic rings. The van der Waals surface area contributed by atoms with Gasteiger partial charge in [0.05, 0.1) is 54.0 Å². The van der Waals surface area contributed by atoms with Crippen molar-refractivity contribution in [1.82, 2.24) is 34.6 Å². The normalized spacial score (nSPS) is 17.6. The van der Waals surface area contributed by atoms with Crippen LogP contribution in [0.1, 0.15) is 17.7 Å². The van der Waals surface area contributed by atoms with Gasteiger partial charge in [0.2, 0.25) is 5.95 Å². The zero-order valence-electron chi connectivity index (χ0n) is 17.8. The minimum absolute atomic E-state index is 0.211. The highest BCUT2D eigenvalue weighted by molar-refractivity contribution is 6.03. The minimum Gasteiger partial charge on any atom is -0.306 e. The van der Waals surface area contributed by atoms with Crippen LogP contribution < -0.4 is 10.2 Å². The Hall–Kier alpha value is -4.50. The molecule has 5 heterocycles. The summed E-state index contributed by atoms with van der Waals surface area (Å²) in [6, 6.07) is 0.630. The number of urea groups is 1. The van der Waals surface area contributed by atoms with Crippen molar-refractivity contribution in [2.45, 2.75) is 18.0 Å². The van der Waals surface area contributed by atoms with Crippen LogP contribution in [0.4, 0.5) is 42.5 Å². The summed E-state index contributed by atoms with van der Waals surface area (Å²) in [5.74, 6) is -1.37. The summed E-state index contributed by atoms with van der Waals surface area (Å²) in [7, 11) is 0. The molecule has 10 nitrogen and oxygen atoms in total. The summed E-state index contributed by atoms with van der Waals surface area (Å²) in [6.45, 7) is 2.32. The van der Waals surface area contributed by atoms with E-state index in [2.05, 4.69) is 37.2 Å². The number of anilines is 2. The zero-order valence-corrected chi connectivity index (χ0v) is 17.8. The predicted octanol–water partition coefficient (Wildman–Crippen LogP) is 3.82. The van der Waals surface area contributed by atoms with Crippen molar-refractivity contribution >= 4 is 23.1 Å². The molecule has 0 aromatic carbocycles. The van der Waals surface area contributed by atoms with E-state index in [0.29, 0.717) is 15.5 Å². The van der Waals surface area contributed by atoms with Crippen LogP contribution >= 0.6 is 0 Å². The Morgan fingerprint density at radius 3 is 2.53 bits per heavy atom. The maximum absolute atomic E-state index is 14.3. The molecule has 16 heteroatoms. The molecular weight excluding hydrogens is 496 g/mol. The van der Waals surface area contributed by atoms with Crippen molar-refractivity contribution < 1.29 is 31.1 Å². The Morgan fingerprint density at radius 2 is 1.89 bits per heavy atom. The zero-order chi connectivity index (χ0) is 25.8. The fourth-order valence-corrected chi connectivity index (χ4v) is 3.99. The lowest BCUT2D eigenvalue weighted by Crippen LogP contribution is -2.47. The van der Waals surface area contributed by atoms with Gasteiger partial charge in [-0.25, -0.2) is 28.1 Å². The number of aromatic nitrogens is 7. The first-order valence-corrected chi connectivity index (χ1v) is 10.0. The third-order valence-electron chi connectivity index (χ3n) is 5.64. The average molecular weight is 509 g/mol. The van der Waals surface area contributed by atoms with E-state index in [-0.39, 0.29) is 22.8 Å². The first-order valence-electron chi connectivity index (χ1n) is 10.0. The maximum atomic E-state index is 14.3. The number of amides is 2. The lowest BCUT2D eigenvalue weighted by atomic mass is 9.85. The van der Waals surface area contributed by atoms with Gasteiger partial charge in [-0.2, -0.15) is 27.8 Å². The molecule has 1 aliphatic heterocycles. The van der Waals surface area contributed by atoms with Crippen molar-refractivity contribution in [1.29, 1.82) is 0 Å². The van der Waals surface area contributed by atoms with Crippen LogP contribution in [0.25, 0.3) is 11.5 Å². The molecule has 0 unspecified atom stereocenters. The summed E-state index contributed by atoms with van der Waals surface area (Å²) in [5, 5.41) is 13.2. The molecule has 0 saturated carbocycles. The SMILES string of the molecule is C=C[C@@]1(C(F)(F)F)CN(C(=O)Nc2cnc(-n3nccn3)c(C(F)F)c2)c2cnc3cc(F)nn3c21. The van der Waals surface area contributed by atoms with Gasteiger partial charge in [0.1, 0.15) is 5.41 Å². The molecule has 0 radical (unpaired) electrons. The van der Waals surface area contributed by atoms with Crippen molar-refractivity contribution in [3.05, 3.63) is 66.8 Å². The van der Waals surface area contributed by atoms with Crippen LogP contribution in [0.5, 0.6) is 0 Å². The molecular formula is C20H13F6N9O. The Bertz CT molecular complexity index is 1480. The van der Waals surface area contributed by atoms with Gasteiger partial charge in [-0.3, -0.25) is 4.90 Å². The van der Waals surface area contributed by atoms with Gasteiger partial charge in [-0.15, -0.1) is 16.5 Å². The summed E-state index contributed by atoms with van der Waals surface area (Å²) >= 11 is 0. The van der Waals surface area contributed by atoms with Gasteiger partial charge in [0.25, 0.3) is 6.43 Å². The Morgan fingerprint density at radius 1 is 1.17 bits per heavy atom. The number of hydrogen-bond donors (Lipinski definition) is 1. The van der Waals surface area contributed by atoms with Crippen molar-refractivity contribution in [2.24, 2.45) is 0 Å². The molecule has 36 heavy (non-hydrogen) atoms. The number of halogens is 6. The van der Waals surface area contributed by atoms with Crippen LogP contribution in [0.2, 0.25) is 0 Å². The molecule has 4 aromatic heterocycles. The number of fused-ring (bicyclic) bond motifs is 3. The molecule has 186 valence electrons. The monoisotopic (exact) mass is 509 g/mol. The highest BCUT2D eigenvalue weighted by Gasteiger charge is 2.62. The van der Waals surface area contributed by atoms with Crippen LogP contribution in [-0.4, -0.2) is 53.3 Å². The van der Waals surface area contributed by atoms with Gasteiger partial charge in [0.15, 0.2) is 11.5 Å². The molecule has 0 bridgehead atoms. The second kappa shape index (κ2) is 8.03. The number of pyridine rings is 1. The summed E-state index contributed by atoms with van der Waals surface area (Å²) in [6.07, 6.45) is -2.90. The number of carbonyl (C=O) groups excluding carboxylic acids is 1. The van der Waals surface area contributed by atoms with Crippen molar-refractivity contribution in [3.63, 3.8) is 0 Å². The minimum atomic E-state index is -4.96. The highest BCUT2D eigenvalue weighted by atomic mass is 19.4. The number of carbonyl (C=O) groups is 1. The molecule has 0 spiro atoms. The molecule has 0 fully saturated rings. The fraction of sp³-hybridized carbons (Fsp3) is 0.200. The summed E-state index contributed by atoms with van der Waals surface area (Å²) in [5.41, 5.74) is -4.77. The first kappa shape index (κ1) is 23.3. The van der Waals surface area contributed by atoms with E-state index in [9.17, 15) is 31.1 Å². The third-order valence-corrected chi connectivity index (χ3v) is 5.64. The van der Waals surface area contributed by atoms with E-state index >= 15 is 0 Å². The topological polar surface area (TPSA) is 106 Å². The standard InChI is InChI=1S/C20H13F6N9O/c1-2-19(20(24,25)26)9-33(12-8-27-14-6-13(21)32-34(14)15(12)19)18(36)31-10-5-11(16(22)23)17(28-7-10)35-29-3-4-30-35/h2-8,16H,1,9H2,(H,31,36)/t19-/m1/s1. The molecule has 1 atom stereocenters. The second-order valence-electron chi connectivity index (χ2n) is 7.67. The number of alkyl halides is 5. The average Bonchev–Trinajstić information content (AvgIpc) is 3.55. The Kier molecular flexibility index (Phi) is 5.19. The second-order valence-corrected chi connectivity index (χ2v) is 7.67. The first-order chi connectivity index (χ1) is 17.1. The lowest BCUT2D eigenvalue weighted by Gasteiger charge is -2.29. The molecule has 0 aliphatic carbocycles. The fourth-order valence-electron chi connectivity index (χ4n) is 3.99. The Balaban J connectivity index is 1.55. The van der Waals surface area contributed by atoms with E-state index in [1.54, 1.807) is 0 Å². The van der Waals surface area contributed by atoms with Crippen LogP contribution in [0.3, 0.4) is 0 Å². The van der Waals surface area contributed by atoms with E-state index in [0.717, 1.165) is 29.3 Å². The number of hydrogen-bond acceptors (Lipinski definition) is 6. The smallest absolute Gasteiger partial charge is 0.306 e. The van der Waals surface area contributed by atoms with Crippen molar-refractivity contribution in [3.8, 4) is 5.82 Å². The van der Waals surface area contributed by atoms with Crippen LogP contribution in [-0.2, 0) is 5.41 Å². The largest absolute Gasteiger partial charge is 0.405 e. The quantitative estimate of drug-likeness (QED) is 0.331. The number of rotatable bonds is 4. The van der Waals surface area contributed by atoms with E-state index < -0.39 is 47.8 Å². The summed E-state index contributed by atoms with van der Waals surface area (Å²) in [4.78, 5) is 22.4. The summed E-state index contributed by atoms with van der Waals surface area (Å²) < 4.78 is 84.7. The van der Waals surface area contributed by atoms with Gasteiger partial charge < -0.3 is 5.32 Å². The van der Waals surface area contributed by atoms with Gasteiger partial charge in [-0.1, -0.05) is 6.08 Å². The van der Waals surface area contributed by atoms with Gasteiger partial charge in [0, 0.05) is 6.07 Å².